The van der Waals surface area contributed by atoms with Gasteiger partial charge in [0, 0.05) is 46.5 Å². The van der Waals surface area contributed by atoms with Crippen LogP contribution >= 0.6 is 0 Å². The zero-order valence-electron chi connectivity index (χ0n) is 18.3. The molecule has 0 amide bonds. The lowest BCUT2D eigenvalue weighted by atomic mass is 9.86. The molecular formula is C23H35N5. The Balaban J connectivity index is 1.64. The third kappa shape index (κ3) is 5.02. The van der Waals surface area contributed by atoms with Gasteiger partial charge in [0.05, 0.1) is 0 Å². The number of piperidine rings is 1. The second-order valence-electron chi connectivity index (χ2n) is 9.20. The van der Waals surface area contributed by atoms with Crippen LogP contribution in [0.3, 0.4) is 0 Å². The Morgan fingerprint density at radius 2 is 1.79 bits per heavy atom. The molecule has 152 valence electrons. The molecule has 0 N–H and O–H groups in total. The molecule has 5 heteroatoms. The third-order valence-corrected chi connectivity index (χ3v) is 5.64. The van der Waals surface area contributed by atoms with Gasteiger partial charge < -0.3 is 9.80 Å². The van der Waals surface area contributed by atoms with Gasteiger partial charge in [-0.05, 0) is 42.0 Å². The first-order valence-corrected chi connectivity index (χ1v) is 10.3. The van der Waals surface area contributed by atoms with Crippen LogP contribution in [-0.2, 0) is 12.0 Å². The minimum absolute atomic E-state index is 0.209. The Morgan fingerprint density at radius 3 is 2.43 bits per heavy atom. The van der Waals surface area contributed by atoms with Crippen LogP contribution in [0.5, 0.6) is 0 Å². The summed E-state index contributed by atoms with van der Waals surface area (Å²) in [6, 6.07) is 11.6. The number of benzene rings is 1. The van der Waals surface area contributed by atoms with E-state index in [0.717, 1.165) is 31.4 Å². The molecule has 2 heterocycles. The van der Waals surface area contributed by atoms with Crippen molar-refractivity contribution in [3.63, 3.8) is 0 Å². The molecule has 0 bridgehead atoms. The zero-order chi connectivity index (χ0) is 20.3. The van der Waals surface area contributed by atoms with Gasteiger partial charge in [-0.2, -0.15) is 4.98 Å². The first-order chi connectivity index (χ1) is 13.2. The van der Waals surface area contributed by atoms with Crippen LogP contribution in [0.2, 0.25) is 0 Å². The Hall–Kier alpha value is -2.14. The predicted octanol–water partition coefficient (Wildman–Crippen LogP) is 3.94. The highest BCUT2D eigenvalue weighted by atomic mass is 15.3. The van der Waals surface area contributed by atoms with Crippen molar-refractivity contribution in [3.8, 4) is 0 Å². The summed E-state index contributed by atoms with van der Waals surface area (Å²) in [7, 11) is 6.12. The second kappa shape index (κ2) is 8.48. The average Bonchev–Trinajstić information content (AvgIpc) is 2.67. The van der Waals surface area contributed by atoms with Crippen molar-refractivity contribution in [2.75, 3.05) is 44.0 Å². The van der Waals surface area contributed by atoms with Gasteiger partial charge in [0.15, 0.2) is 0 Å². The molecule has 0 saturated carbocycles. The summed E-state index contributed by atoms with van der Waals surface area (Å²) in [6.07, 6.45) is 4.28. The van der Waals surface area contributed by atoms with Crippen molar-refractivity contribution in [3.05, 3.63) is 47.7 Å². The first-order valence-electron chi connectivity index (χ1n) is 10.3. The van der Waals surface area contributed by atoms with Gasteiger partial charge >= 0.3 is 0 Å². The maximum Gasteiger partial charge on any atom is 0.226 e. The Bertz CT molecular complexity index is 763. The summed E-state index contributed by atoms with van der Waals surface area (Å²) in [6.45, 7) is 10.0. The molecule has 1 atom stereocenters. The number of nitrogens with zero attached hydrogens (tertiary/aromatic N) is 5. The topological polar surface area (TPSA) is 35.5 Å². The predicted molar refractivity (Wildman–Crippen MR) is 118 cm³/mol. The number of anilines is 2. The summed E-state index contributed by atoms with van der Waals surface area (Å²) < 4.78 is 0. The number of likely N-dealkylation sites (N-methyl/N-ethyl adjacent to an activating group) is 1. The molecule has 5 nitrogen and oxygen atoms in total. The number of hydrogen-bond acceptors (Lipinski definition) is 5. The van der Waals surface area contributed by atoms with Crippen LogP contribution in [-0.4, -0.2) is 55.1 Å². The lowest BCUT2D eigenvalue weighted by Gasteiger charge is -2.38. The number of likely N-dealkylation sites (tertiary alicyclic amines) is 1. The van der Waals surface area contributed by atoms with Crippen molar-refractivity contribution >= 4 is 11.8 Å². The van der Waals surface area contributed by atoms with Gasteiger partial charge in [0.2, 0.25) is 5.95 Å². The molecule has 1 fully saturated rings. The van der Waals surface area contributed by atoms with Crippen LogP contribution < -0.4 is 9.80 Å². The molecule has 1 aliphatic heterocycles. The molecule has 1 aliphatic rings. The normalized spacial score (nSPS) is 18.1. The van der Waals surface area contributed by atoms with Crippen molar-refractivity contribution in [2.24, 2.45) is 0 Å². The van der Waals surface area contributed by atoms with E-state index >= 15 is 0 Å². The smallest absolute Gasteiger partial charge is 0.226 e. The molecule has 1 saturated heterocycles. The van der Waals surface area contributed by atoms with Crippen molar-refractivity contribution in [2.45, 2.75) is 51.6 Å². The Morgan fingerprint density at radius 1 is 1.07 bits per heavy atom. The second-order valence-corrected chi connectivity index (χ2v) is 9.20. The van der Waals surface area contributed by atoms with E-state index in [-0.39, 0.29) is 5.41 Å². The summed E-state index contributed by atoms with van der Waals surface area (Å²) in [5, 5.41) is 0. The summed E-state index contributed by atoms with van der Waals surface area (Å²) >= 11 is 0. The highest BCUT2D eigenvalue weighted by Gasteiger charge is 2.24. The number of hydrogen-bond donors (Lipinski definition) is 0. The van der Waals surface area contributed by atoms with Crippen LogP contribution in [0.15, 0.2) is 36.5 Å². The number of aromatic nitrogens is 2. The van der Waals surface area contributed by atoms with E-state index in [2.05, 4.69) is 66.9 Å². The first kappa shape index (κ1) is 20.6. The van der Waals surface area contributed by atoms with E-state index in [4.69, 9.17) is 4.98 Å². The minimum Gasteiger partial charge on any atom is -0.355 e. The Labute approximate surface area is 170 Å². The zero-order valence-corrected chi connectivity index (χ0v) is 18.3. The highest BCUT2D eigenvalue weighted by molar-refractivity contribution is 5.43. The SMILES string of the molecule is CN(C)c1nccc(N(C)C2CCCN(Cc3ccc(C(C)(C)C)cc3)C2)n1. The molecule has 28 heavy (non-hydrogen) atoms. The molecular weight excluding hydrogens is 346 g/mol. The van der Waals surface area contributed by atoms with Crippen molar-refractivity contribution < 1.29 is 0 Å². The minimum atomic E-state index is 0.209. The fraction of sp³-hybridized carbons (Fsp3) is 0.565. The molecule has 0 spiro atoms. The monoisotopic (exact) mass is 381 g/mol. The van der Waals surface area contributed by atoms with Crippen LogP contribution in [0, 0.1) is 0 Å². The van der Waals surface area contributed by atoms with Crippen molar-refractivity contribution in [1.29, 1.82) is 0 Å². The standard InChI is InChI=1S/C23H35N5/c1-23(2,3)19-11-9-18(10-12-19)16-28-15-7-8-20(17-28)27(6)21-13-14-24-22(25-21)26(4)5/h9-14,20H,7-8,15-17H2,1-6H3. The summed E-state index contributed by atoms with van der Waals surface area (Å²) in [5.74, 6) is 1.76. The molecule has 2 aromatic rings. The quantitative estimate of drug-likeness (QED) is 0.784. The molecule has 1 aromatic heterocycles. The van der Waals surface area contributed by atoms with Crippen LogP contribution in [0.25, 0.3) is 0 Å². The van der Waals surface area contributed by atoms with E-state index in [1.54, 1.807) is 0 Å². The average molecular weight is 382 g/mol. The fourth-order valence-corrected chi connectivity index (χ4v) is 3.80. The van der Waals surface area contributed by atoms with Gasteiger partial charge in [-0.1, -0.05) is 45.0 Å². The van der Waals surface area contributed by atoms with Gasteiger partial charge in [0.1, 0.15) is 5.82 Å². The van der Waals surface area contributed by atoms with E-state index in [1.165, 1.54) is 24.0 Å². The van der Waals surface area contributed by atoms with Gasteiger partial charge in [0.25, 0.3) is 0 Å². The lowest BCUT2D eigenvalue weighted by molar-refractivity contribution is 0.198. The largest absolute Gasteiger partial charge is 0.355 e. The van der Waals surface area contributed by atoms with Crippen molar-refractivity contribution in [1.82, 2.24) is 14.9 Å². The fourth-order valence-electron chi connectivity index (χ4n) is 3.80. The van der Waals surface area contributed by atoms with Gasteiger partial charge in [-0.15, -0.1) is 0 Å². The van der Waals surface area contributed by atoms with Crippen LogP contribution in [0.1, 0.15) is 44.7 Å². The molecule has 1 aromatic carbocycles. The molecule has 3 rings (SSSR count). The Kier molecular flexibility index (Phi) is 6.23. The third-order valence-electron chi connectivity index (χ3n) is 5.64. The maximum absolute atomic E-state index is 4.71. The molecule has 0 radical (unpaired) electrons. The van der Waals surface area contributed by atoms with E-state index in [0.29, 0.717) is 6.04 Å². The molecule has 0 aliphatic carbocycles. The summed E-state index contributed by atoms with van der Waals surface area (Å²) in [4.78, 5) is 15.9. The van der Waals surface area contributed by atoms with Crippen LogP contribution in [0.4, 0.5) is 11.8 Å². The van der Waals surface area contributed by atoms with Gasteiger partial charge in [-0.3, -0.25) is 4.90 Å². The lowest BCUT2D eigenvalue weighted by Crippen LogP contribution is -2.46. The highest BCUT2D eigenvalue weighted by Crippen LogP contribution is 2.24. The van der Waals surface area contributed by atoms with E-state index in [1.807, 2.05) is 31.3 Å². The maximum atomic E-state index is 4.71. The van der Waals surface area contributed by atoms with E-state index < -0.39 is 0 Å². The van der Waals surface area contributed by atoms with Gasteiger partial charge in [-0.25, -0.2) is 4.98 Å². The van der Waals surface area contributed by atoms with E-state index in [9.17, 15) is 0 Å². The summed E-state index contributed by atoms with van der Waals surface area (Å²) in [5.41, 5.74) is 3.00. The molecule has 1 unspecified atom stereocenters. The number of rotatable bonds is 5.